The second-order valence-electron chi connectivity index (χ2n) is 5.72. The van der Waals surface area contributed by atoms with Gasteiger partial charge in [-0.15, -0.1) is 0 Å². The van der Waals surface area contributed by atoms with Crippen LogP contribution in [-0.2, 0) is 9.59 Å². The summed E-state index contributed by atoms with van der Waals surface area (Å²) in [6, 6.07) is 14.0. The van der Waals surface area contributed by atoms with Gasteiger partial charge in [0, 0.05) is 7.05 Å². The first-order valence-electron chi connectivity index (χ1n) is 7.91. The van der Waals surface area contributed by atoms with E-state index in [0.717, 1.165) is 0 Å². The van der Waals surface area contributed by atoms with E-state index < -0.39 is 12.6 Å². The summed E-state index contributed by atoms with van der Waals surface area (Å²) in [6.07, 6.45) is 1.67. The van der Waals surface area contributed by atoms with Crippen LogP contribution < -0.4 is 9.64 Å². The van der Waals surface area contributed by atoms with Crippen LogP contribution in [0.2, 0.25) is 5.02 Å². The molecule has 0 atom stereocenters. The molecule has 1 saturated heterocycles. The molecule has 0 radical (unpaired) electrons. The molecule has 0 spiro atoms. The molecule has 1 aliphatic rings. The third-order valence-corrected chi connectivity index (χ3v) is 4.64. The van der Waals surface area contributed by atoms with Crippen LogP contribution in [0.15, 0.2) is 54.2 Å². The SMILES string of the molecule is CN1C(=S)N(c2ccccc2)C(=O)/C1=C/c1ccc(OCC(=O)O)c(Cl)c1. The van der Waals surface area contributed by atoms with Crippen LogP contribution in [-0.4, -0.2) is 40.6 Å². The molecule has 0 unspecified atom stereocenters. The number of hydrogen-bond donors (Lipinski definition) is 1. The highest BCUT2D eigenvalue weighted by Crippen LogP contribution is 2.30. The predicted molar refractivity (Wildman–Crippen MR) is 107 cm³/mol. The number of hydrogen-bond acceptors (Lipinski definition) is 4. The number of para-hydroxylation sites is 1. The van der Waals surface area contributed by atoms with E-state index in [4.69, 9.17) is 33.7 Å². The fourth-order valence-corrected chi connectivity index (χ4v) is 3.11. The van der Waals surface area contributed by atoms with E-state index in [-0.39, 0.29) is 16.7 Å². The van der Waals surface area contributed by atoms with Crippen LogP contribution in [0.3, 0.4) is 0 Å². The lowest BCUT2D eigenvalue weighted by Crippen LogP contribution is -2.30. The highest BCUT2D eigenvalue weighted by Gasteiger charge is 2.36. The number of nitrogens with zero attached hydrogens (tertiary/aromatic N) is 2. The van der Waals surface area contributed by atoms with E-state index >= 15 is 0 Å². The summed E-state index contributed by atoms with van der Waals surface area (Å²) in [5.41, 5.74) is 1.76. The van der Waals surface area contributed by atoms with Crippen molar-refractivity contribution in [2.75, 3.05) is 18.6 Å². The average molecular weight is 403 g/mol. The summed E-state index contributed by atoms with van der Waals surface area (Å²) >= 11 is 11.6. The number of carbonyl (C=O) groups excluding carboxylic acids is 1. The Hall–Kier alpha value is -2.90. The third-order valence-electron chi connectivity index (χ3n) is 3.89. The Morgan fingerprint density at radius 3 is 2.59 bits per heavy atom. The van der Waals surface area contributed by atoms with Crippen molar-refractivity contribution in [2.45, 2.75) is 0 Å². The molecule has 1 N–H and O–H groups in total. The molecule has 27 heavy (non-hydrogen) atoms. The highest BCUT2D eigenvalue weighted by atomic mass is 35.5. The number of ether oxygens (including phenoxy) is 1. The number of thiocarbonyl (C=S) groups is 1. The second kappa shape index (κ2) is 7.77. The number of carboxylic acids is 1. The topological polar surface area (TPSA) is 70.1 Å². The van der Waals surface area contributed by atoms with Crippen LogP contribution in [0.25, 0.3) is 6.08 Å². The molecular formula is C19H15ClN2O4S. The molecular weight excluding hydrogens is 388 g/mol. The zero-order chi connectivity index (χ0) is 19.6. The first-order chi connectivity index (χ1) is 12.9. The molecule has 0 saturated carbocycles. The van der Waals surface area contributed by atoms with E-state index in [1.165, 1.54) is 4.90 Å². The lowest BCUT2D eigenvalue weighted by Gasteiger charge is -2.16. The van der Waals surface area contributed by atoms with Crippen LogP contribution in [0.5, 0.6) is 5.75 Å². The van der Waals surface area contributed by atoms with Crippen molar-refractivity contribution in [2.24, 2.45) is 0 Å². The molecule has 2 aromatic rings. The minimum absolute atomic E-state index is 0.240. The number of carboxylic acid groups (broad SMARTS) is 1. The molecule has 0 bridgehead atoms. The van der Waals surface area contributed by atoms with Crippen molar-refractivity contribution in [1.82, 2.24) is 4.90 Å². The standard InChI is InChI=1S/C19H15ClN2O4S/c1-21-15(18(25)22(19(21)27)13-5-3-2-4-6-13)10-12-7-8-16(14(20)9-12)26-11-17(23)24/h2-10H,11H2,1H3,(H,23,24)/b15-10-. The zero-order valence-electron chi connectivity index (χ0n) is 14.3. The van der Waals surface area contributed by atoms with E-state index in [2.05, 4.69) is 0 Å². The van der Waals surface area contributed by atoms with Crippen LogP contribution in [0.1, 0.15) is 5.56 Å². The number of anilines is 1. The summed E-state index contributed by atoms with van der Waals surface area (Å²) in [5, 5.41) is 9.31. The van der Waals surface area contributed by atoms with Gasteiger partial charge < -0.3 is 14.7 Å². The Labute approximate surface area is 166 Å². The van der Waals surface area contributed by atoms with Gasteiger partial charge in [0.1, 0.15) is 11.4 Å². The van der Waals surface area contributed by atoms with E-state index in [1.807, 2.05) is 30.3 Å². The molecule has 138 valence electrons. The molecule has 1 amide bonds. The fourth-order valence-electron chi connectivity index (χ4n) is 2.58. The number of aliphatic carboxylic acids is 1. The third kappa shape index (κ3) is 3.94. The Kier molecular flexibility index (Phi) is 5.43. The van der Waals surface area contributed by atoms with Gasteiger partial charge in [-0.05, 0) is 48.1 Å². The first-order valence-corrected chi connectivity index (χ1v) is 8.70. The van der Waals surface area contributed by atoms with Crippen LogP contribution >= 0.6 is 23.8 Å². The van der Waals surface area contributed by atoms with Crippen molar-refractivity contribution in [3.63, 3.8) is 0 Å². The molecule has 1 fully saturated rings. The molecule has 3 rings (SSSR count). The Bertz CT molecular complexity index is 946. The summed E-state index contributed by atoms with van der Waals surface area (Å²) in [4.78, 5) is 26.6. The van der Waals surface area contributed by atoms with Gasteiger partial charge in [-0.2, -0.15) is 0 Å². The van der Waals surface area contributed by atoms with Crippen molar-refractivity contribution in [3.05, 3.63) is 64.8 Å². The number of rotatable bonds is 5. The molecule has 0 aromatic heterocycles. The first kappa shape index (κ1) is 18.9. The average Bonchev–Trinajstić information content (AvgIpc) is 2.85. The van der Waals surface area contributed by atoms with Gasteiger partial charge in [0.05, 0.1) is 10.7 Å². The van der Waals surface area contributed by atoms with Gasteiger partial charge in [-0.25, -0.2) is 4.79 Å². The van der Waals surface area contributed by atoms with Crippen molar-refractivity contribution in [3.8, 4) is 5.75 Å². The number of halogens is 1. The van der Waals surface area contributed by atoms with Gasteiger partial charge in [-0.3, -0.25) is 9.69 Å². The molecule has 1 aliphatic heterocycles. The van der Waals surface area contributed by atoms with Gasteiger partial charge >= 0.3 is 5.97 Å². The lowest BCUT2D eigenvalue weighted by atomic mass is 10.1. The van der Waals surface area contributed by atoms with Gasteiger partial charge in [0.2, 0.25) is 0 Å². The fraction of sp³-hybridized carbons (Fsp3) is 0.105. The Morgan fingerprint density at radius 1 is 1.26 bits per heavy atom. The summed E-state index contributed by atoms with van der Waals surface area (Å²) in [6.45, 7) is -0.484. The predicted octanol–water partition coefficient (Wildman–Crippen LogP) is 3.41. The van der Waals surface area contributed by atoms with Crippen LogP contribution in [0, 0.1) is 0 Å². The summed E-state index contributed by atoms with van der Waals surface area (Å²) < 4.78 is 5.10. The molecule has 6 nitrogen and oxygen atoms in total. The summed E-state index contributed by atoms with van der Waals surface area (Å²) in [5.74, 6) is -1.07. The minimum Gasteiger partial charge on any atom is -0.480 e. The number of amides is 1. The van der Waals surface area contributed by atoms with E-state index in [0.29, 0.717) is 22.1 Å². The van der Waals surface area contributed by atoms with Crippen molar-refractivity contribution >= 4 is 52.6 Å². The quantitative estimate of drug-likeness (QED) is 0.610. The van der Waals surface area contributed by atoms with Crippen LogP contribution in [0.4, 0.5) is 5.69 Å². The van der Waals surface area contributed by atoms with E-state index in [9.17, 15) is 9.59 Å². The number of carbonyl (C=O) groups is 2. The lowest BCUT2D eigenvalue weighted by molar-refractivity contribution is -0.139. The minimum atomic E-state index is -1.09. The number of benzene rings is 2. The Morgan fingerprint density at radius 2 is 1.96 bits per heavy atom. The highest BCUT2D eigenvalue weighted by molar-refractivity contribution is 7.80. The Balaban J connectivity index is 1.88. The molecule has 0 aliphatic carbocycles. The zero-order valence-corrected chi connectivity index (χ0v) is 15.8. The summed E-state index contributed by atoms with van der Waals surface area (Å²) in [7, 11) is 1.72. The van der Waals surface area contributed by atoms with Crippen molar-refractivity contribution in [1.29, 1.82) is 0 Å². The van der Waals surface area contributed by atoms with Gasteiger partial charge in [0.25, 0.3) is 5.91 Å². The maximum absolute atomic E-state index is 12.9. The van der Waals surface area contributed by atoms with Gasteiger partial charge in [-0.1, -0.05) is 35.9 Å². The monoisotopic (exact) mass is 402 g/mol. The van der Waals surface area contributed by atoms with Gasteiger partial charge in [0.15, 0.2) is 11.7 Å². The van der Waals surface area contributed by atoms with Crippen molar-refractivity contribution < 1.29 is 19.4 Å². The maximum Gasteiger partial charge on any atom is 0.341 e. The largest absolute Gasteiger partial charge is 0.480 e. The number of likely N-dealkylation sites (N-methyl/N-ethyl adjacent to an activating group) is 1. The maximum atomic E-state index is 12.9. The smallest absolute Gasteiger partial charge is 0.341 e. The normalized spacial score (nSPS) is 15.6. The van der Waals surface area contributed by atoms with E-state index in [1.54, 1.807) is 36.2 Å². The molecule has 1 heterocycles. The molecule has 8 heteroatoms. The molecule has 2 aromatic carbocycles. The second-order valence-corrected chi connectivity index (χ2v) is 6.49.